The van der Waals surface area contributed by atoms with Crippen molar-refractivity contribution in [1.82, 2.24) is 4.57 Å². The molecule has 0 aliphatic carbocycles. The third-order valence-electron chi connectivity index (χ3n) is 2.83. The van der Waals surface area contributed by atoms with E-state index in [1.807, 2.05) is 0 Å². The molecule has 0 aliphatic rings. The molecule has 19 heavy (non-hydrogen) atoms. The van der Waals surface area contributed by atoms with Gasteiger partial charge in [0.2, 0.25) is 0 Å². The van der Waals surface area contributed by atoms with Crippen LogP contribution in [0.25, 0.3) is 0 Å². The summed E-state index contributed by atoms with van der Waals surface area (Å²) < 4.78 is 1.41. The molecule has 2 rings (SSSR count). The van der Waals surface area contributed by atoms with E-state index in [4.69, 9.17) is 11.6 Å². The number of nitro groups is 1. The Morgan fingerprint density at radius 2 is 2.05 bits per heavy atom. The molecule has 0 saturated heterocycles. The minimum atomic E-state index is -0.498. The summed E-state index contributed by atoms with van der Waals surface area (Å²) in [5, 5.41) is 11.3. The molecule has 0 fully saturated rings. The van der Waals surface area contributed by atoms with Gasteiger partial charge in [-0.05, 0) is 19.1 Å². The van der Waals surface area contributed by atoms with Crippen LogP contribution < -0.4 is 5.56 Å². The Bertz CT molecular complexity index is 695. The van der Waals surface area contributed by atoms with Crippen molar-refractivity contribution in [2.75, 3.05) is 0 Å². The summed E-state index contributed by atoms with van der Waals surface area (Å²) in [6.45, 7) is 1.77. The van der Waals surface area contributed by atoms with E-state index >= 15 is 0 Å². The lowest BCUT2D eigenvalue weighted by Crippen LogP contribution is -2.22. The third kappa shape index (κ3) is 2.66. The van der Waals surface area contributed by atoms with Crippen LogP contribution in [0.2, 0.25) is 5.02 Å². The number of nitrogens with zero attached hydrogens (tertiary/aromatic N) is 2. The van der Waals surface area contributed by atoms with E-state index in [1.165, 1.54) is 16.7 Å². The fourth-order valence-electron chi connectivity index (χ4n) is 1.83. The number of benzene rings is 1. The highest BCUT2D eigenvalue weighted by Gasteiger charge is 2.17. The van der Waals surface area contributed by atoms with E-state index < -0.39 is 4.92 Å². The van der Waals surface area contributed by atoms with Crippen LogP contribution in [-0.4, -0.2) is 9.49 Å². The fourth-order valence-corrected chi connectivity index (χ4v) is 2.06. The van der Waals surface area contributed by atoms with Crippen molar-refractivity contribution < 1.29 is 4.92 Å². The monoisotopic (exact) mass is 278 g/mol. The van der Waals surface area contributed by atoms with Crippen molar-refractivity contribution in [2.24, 2.45) is 0 Å². The van der Waals surface area contributed by atoms with E-state index in [2.05, 4.69) is 0 Å². The second-order valence-corrected chi connectivity index (χ2v) is 4.53. The van der Waals surface area contributed by atoms with Gasteiger partial charge in [-0.1, -0.05) is 23.7 Å². The van der Waals surface area contributed by atoms with Gasteiger partial charge in [0.15, 0.2) is 0 Å². The standard InChI is InChI=1S/C13H11ClN2O3/c1-9-4-3-7-15(13(9)17)8-10-11(14)5-2-6-12(10)16(18)19/h2-7H,8H2,1H3. The molecule has 0 unspecified atom stereocenters. The van der Waals surface area contributed by atoms with Crippen molar-refractivity contribution in [2.45, 2.75) is 13.5 Å². The number of hydrogen-bond acceptors (Lipinski definition) is 3. The van der Waals surface area contributed by atoms with Crippen LogP contribution in [0.15, 0.2) is 41.3 Å². The summed E-state index contributed by atoms with van der Waals surface area (Å²) in [4.78, 5) is 22.4. The van der Waals surface area contributed by atoms with Crippen LogP contribution in [0.1, 0.15) is 11.1 Å². The highest BCUT2D eigenvalue weighted by Crippen LogP contribution is 2.26. The van der Waals surface area contributed by atoms with E-state index in [0.29, 0.717) is 11.1 Å². The fraction of sp³-hybridized carbons (Fsp3) is 0.154. The third-order valence-corrected chi connectivity index (χ3v) is 3.18. The second-order valence-electron chi connectivity index (χ2n) is 4.12. The van der Waals surface area contributed by atoms with Crippen molar-refractivity contribution in [3.63, 3.8) is 0 Å². The Hall–Kier alpha value is -2.14. The molecular weight excluding hydrogens is 268 g/mol. The minimum absolute atomic E-state index is 0.0799. The summed E-state index contributed by atoms with van der Waals surface area (Å²) in [5.41, 5.74) is 0.650. The molecule has 0 N–H and O–H groups in total. The lowest BCUT2D eigenvalue weighted by Gasteiger charge is -2.08. The van der Waals surface area contributed by atoms with Gasteiger partial charge in [-0.25, -0.2) is 0 Å². The molecule has 0 saturated carbocycles. The van der Waals surface area contributed by atoms with Gasteiger partial charge in [-0.15, -0.1) is 0 Å². The number of aryl methyl sites for hydroxylation is 1. The topological polar surface area (TPSA) is 65.1 Å². The summed E-state index contributed by atoms with van der Waals surface area (Å²) in [6, 6.07) is 7.88. The van der Waals surface area contributed by atoms with Crippen LogP contribution in [0.3, 0.4) is 0 Å². The summed E-state index contributed by atoms with van der Waals surface area (Å²) in [5.74, 6) is 0. The van der Waals surface area contributed by atoms with Gasteiger partial charge in [0.05, 0.1) is 22.1 Å². The van der Waals surface area contributed by atoms with Crippen LogP contribution in [0.5, 0.6) is 0 Å². The van der Waals surface area contributed by atoms with Crippen molar-refractivity contribution >= 4 is 17.3 Å². The maximum Gasteiger partial charge on any atom is 0.275 e. The predicted octanol–water partition coefficient (Wildman–Crippen LogP) is 2.77. The SMILES string of the molecule is Cc1cccn(Cc2c(Cl)cccc2[N+](=O)[O-])c1=O. The zero-order chi connectivity index (χ0) is 14.0. The van der Waals surface area contributed by atoms with E-state index in [9.17, 15) is 14.9 Å². The van der Waals surface area contributed by atoms with Gasteiger partial charge in [0.25, 0.3) is 11.2 Å². The first kappa shape index (κ1) is 13.3. The second kappa shape index (κ2) is 5.24. The van der Waals surface area contributed by atoms with Gasteiger partial charge in [-0.2, -0.15) is 0 Å². The Morgan fingerprint density at radius 3 is 2.74 bits per heavy atom. The van der Waals surface area contributed by atoms with Crippen LogP contribution in [0.4, 0.5) is 5.69 Å². The molecule has 98 valence electrons. The molecule has 0 atom stereocenters. The highest BCUT2D eigenvalue weighted by atomic mass is 35.5. The first-order valence-corrected chi connectivity index (χ1v) is 5.96. The molecule has 0 spiro atoms. The number of halogens is 1. The molecule has 2 aromatic rings. The van der Waals surface area contributed by atoms with Gasteiger partial charge in [0.1, 0.15) is 0 Å². The first-order chi connectivity index (χ1) is 9.00. The summed E-state index contributed by atoms with van der Waals surface area (Å²) >= 11 is 6.00. The maximum atomic E-state index is 11.9. The zero-order valence-corrected chi connectivity index (χ0v) is 10.9. The van der Waals surface area contributed by atoms with Crippen LogP contribution in [0, 0.1) is 17.0 Å². The molecule has 0 radical (unpaired) electrons. The van der Waals surface area contributed by atoms with Crippen molar-refractivity contribution in [1.29, 1.82) is 0 Å². The molecule has 1 aromatic carbocycles. The number of aromatic nitrogens is 1. The molecule has 0 bridgehead atoms. The molecule has 0 aliphatic heterocycles. The summed E-state index contributed by atoms with van der Waals surface area (Å²) in [6.07, 6.45) is 1.59. The molecular formula is C13H11ClN2O3. The van der Waals surface area contributed by atoms with E-state index in [0.717, 1.165) is 0 Å². The lowest BCUT2D eigenvalue weighted by molar-refractivity contribution is -0.385. The molecule has 1 heterocycles. The summed E-state index contributed by atoms with van der Waals surface area (Å²) in [7, 11) is 0. The molecule has 5 nitrogen and oxygen atoms in total. The van der Waals surface area contributed by atoms with Gasteiger partial charge >= 0.3 is 0 Å². The quantitative estimate of drug-likeness (QED) is 0.640. The number of hydrogen-bond donors (Lipinski definition) is 0. The Kier molecular flexibility index (Phi) is 3.66. The molecule has 6 heteroatoms. The molecule has 0 amide bonds. The van der Waals surface area contributed by atoms with Gasteiger partial charge in [0, 0.05) is 17.8 Å². The van der Waals surface area contributed by atoms with Crippen molar-refractivity contribution in [3.05, 3.63) is 73.1 Å². The average molecular weight is 279 g/mol. The average Bonchev–Trinajstić information content (AvgIpc) is 2.36. The Morgan fingerprint density at radius 1 is 1.32 bits per heavy atom. The smallest absolute Gasteiger partial charge is 0.275 e. The number of nitro benzene ring substituents is 1. The zero-order valence-electron chi connectivity index (χ0n) is 10.2. The maximum absolute atomic E-state index is 11.9. The number of rotatable bonds is 3. The van der Waals surface area contributed by atoms with E-state index in [-0.39, 0.29) is 22.8 Å². The minimum Gasteiger partial charge on any atom is -0.311 e. The predicted molar refractivity (Wildman–Crippen MR) is 72.6 cm³/mol. The van der Waals surface area contributed by atoms with Gasteiger partial charge < -0.3 is 4.57 Å². The normalized spacial score (nSPS) is 10.4. The van der Waals surface area contributed by atoms with Crippen LogP contribution >= 0.6 is 11.6 Å². The van der Waals surface area contributed by atoms with E-state index in [1.54, 1.807) is 31.3 Å². The first-order valence-electron chi connectivity index (χ1n) is 5.58. The van der Waals surface area contributed by atoms with Gasteiger partial charge in [-0.3, -0.25) is 14.9 Å². The lowest BCUT2D eigenvalue weighted by atomic mass is 10.1. The Balaban J connectivity index is 2.52. The number of pyridine rings is 1. The molecule has 1 aromatic heterocycles. The van der Waals surface area contributed by atoms with Crippen molar-refractivity contribution in [3.8, 4) is 0 Å². The highest BCUT2D eigenvalue weighted by molar-refractivity contribution is 6.31. The Labute approximate surface area is 114 Å². The van der Waals surface area contributed by atoms with Crippen LogP contribution in [-0.2, 0) is 6.54 Å². The largest absolute Gasteiger partial charge is 0.311 e.